The van der Waals surface area contributed by atoms with E-state index in [-0.39, 0.29) is 5.56 Å². The maximum absolute atomic E-state index is 13.2. The monoisotopic (exact) mass is 227 g/mol. The summed E-state index contributed by atoms with van der Waals surface area (Å²) >= 11 is 0. The van der Waals surface area contributed by atoms with E-state index in [1.807, 2.05) is 0 Å². The number of nitro groups is 1. The summed E-state index contributed by atoms with van der Waals surface area (Å²) in [5.74, 6) is -4.46. The number of benzene rings is 1. The fourth-order valence-electron chi connectivity index (χ4n) is 1.15. The fourth-order valence-corrected chi connectivity index (χ4v) is 1.15. The van der Waals surface area contributed by atoms with Crippen molar-refractivity contribution in [1.29, 1.82) is 0 Å². The fraction of sp³-hybridized carbons (Fsp3) is 0.111. The van der Waals surface area contributed by atoms with E-state index in [2.05, 4.69) is 0 Å². The SMILES string of the molecule is Cc1cc(F)c(C(=O)C(=O)O)cc1[N+](=O)[O-]. The van der Waals surface area contributed by atoms with E-state index >= 15 is 0 Å². The van der Waals surface area contributed by atoms with Crippen LogP contribution in [-0.4, -0.2) is 21.8 Å². The maximum Gasteiger partial charge on any atom is 0.377 e. The van der Waals surface area contributed by atoms with Gasteiger partial charge in [0.2, 0.25) is 0 Å². The average molecular weight is 227 g/mol. The van der Waals surface area contributed by atoms with Crippen molar-refractivity contribution in [3.05, 3.63) is 39.2 Å². The van der Waals surface area contributed by atoms with Crippen LogP contribution in [-0.2, 0) is 4.79 Å². The zero-order valence-corrected chi connectivity index (χ0v) is 8.06. The molecule has 0 amide bonds. The van der Waals surface area contributed by atoms with Gasteiger partial charge < -0.3 is 5.11 Å². The maximum atomic E-state index is 13.2. The number of halogens is 1. The van der Waals surface area contributed by atoms with E-state index in [9.17, 15) is 24.1 Å². The van der Waals surface area contributed by atoms with Gasteiger partial charge in [0.15, 0.2) is 0 Å². The van der Waals surface area contributed by atoms with Crippen LogP contribution in [0.5, 0.6) is 0 Å². The molecular formula is C9H6FNO5. The second kappa shape index (κ2) is 4.05. The van der Waals surface area contributed by atoms with Crippen molar-refractivity contribution < 1.29 is 24.0 Å². The lowest BCUT2D eigenvalue weighted by atomic mass is 10.1. The van der Waals surface area contributed by atoms with Crippen LogP contribution < -0.4 is 0 Å². The third-order valence-corrected chi connectivity index (χ3v) is 1.92. The van der Waals surface area contributed by atoms with Gasteiger partial charge >= 0.3 is 5.97 Å². The smallest absolute Gasteiger partial charge is 0.377 e. The standard InChI is InChI=1S/C9H6FNO5/c1-4-2-6(10)5(8(12)9(13)14)3-7(4)11(15)16/h2-3H,1H3,(H,13,14). The quantitative estimate of drug-likeness (QED) is 0.363. The van der Waals surface area contributed by atoms with Crippen molar-refractivity contribution in [3.8, 4) is 0 Å². The topological polar surface area (TPSA) is 97.5 Å². The second-order valence-corrected chi connectivity index (χ2v) is 3.01. The molecule has 1 rings (SSSR count). The summed E-state index contributed by atoms with van der Waals surface area (Å²) in [6.07, 6.45) is 0. The van der Waals surface area contributed by atoms with E-state index < -0.39 is 33.7 Å². The Kier molecular flexibility index (Phi) is 2.98. The van der Waals surface area contributed by atoms with Crippen LogP contribution in [0.15, 0.2) is 12.1 Å². The molecule has 0 saturated carbocycles. The molecule has 0 radical (unpaired) electrons. The van der Waals surface area contributed by atoms with Crippen LogP contribution in [0, 0.1) is 22.9 Å². The summed E-state index contributed by atoms with van der Waals surface area (Å²) in [6.45, 7) is 1.29. The Morgan fingerprint density at radius 2 is 2.00 bits per heavy atom. The van der Waals surface area contributed by atoms with E-state index in [0.29, 0.717) is 6.07 Å². The van der Waals surface area contributed by atoms with Crippen LogP contribution in [0.25, 0.3) is 0 Å². The summed E-state index contributed by atoms with van der Waals surface area (Å²) in [5.41, 5.74) is -1.29. The molecule has 16 heavy (non-hydrogen) atoms. The van der Waals surface area contributed by atoms with Gasteiger partial charge in [-0.15, -0.1) is 0 Å². The van der Waals surface area contributed by atoms with Gasteiger partial charge in [-0.1, -0.05) is 0 Å². The molecule has 0 aliphatic heterocycles. The molecule has 0 aliphatic rings. The van der Waals surface area contributed by atoms with Crippen LogP contribution in [0.3, 0.4) is 0 Å². The number of aliphatic carboxylic acids is 1. The lowest BCUT2D eigenvalue weighted by molar-refractivity contribution is -0.385. The number of hydrogen-bond donors (Lipinski definition) is 1. The summed E-state index contributed by atoms with van der Waals surface area (Å²) < 4.78 is 13.2. The summed E-state index contributed by atoms with van der Waals surface area (Å²) in [5, 5.41) is 18.9. The van der Waals surface area contributed by atoms with Gasteiger partial charge in [0.25, 0.3) is 11.5 Å². The second-order valence-electron chi connectivity index (χ2n) is 3.01. The molecule has 84 valence electrons. The molecule has 7 heteroatoms. The number of carboxylic acids is 1. The number of ketones is 1. The van der Waals surface area contributed by atoms with Crippen LogP contribution >= 0.6 is 0 Å². The molecular weight excluding hydrogens is 221 g/mol. The predicted molar refractivity (Wildman–Crippen MR) is 49.8 cm³/mol. The lowest BCUT2D eigenvalue weighted by Gasteiger charge is -2.01. The molecule has 0 aromatic heterocycles. The number of carbonyl (C=O) groups is 2. The van der Waals surface area contributed by atoms with Crippen LogP contribution in [0.1, 0.15) is 15.9 Å². The Bertz CT molecular complexity index is 497. The highest BCUT2D eigenvalue weighted by molar-refractivity contribution is 6.40. The van der Waals surface area contributed by atoms with E-state index in [0.717, 1.165) is 6.07 Å². The van der Waals surface area contributed by atoms with Gasteiger partial charge in [-0.3, -0.25) is 14.9 Å². The Labute approximate surface area is 88.5 Å². The predicted octanol–water partition coefficient (Wildman–Crippen LogP) is 1.31. The number of rotatable bonds is 3. The van der Waals surface area contributed by atoms with Crippen molar-refractivity contribution >= 4 is 17.4 Å². The van der Waals surface area contributed by atoms with E-state index in [4.69, 9.17) is 5.11 Å². The summed E-state index contributed by atoms with van der Waals surface area (Å²) in [4.78, 5) is 31.0. The van der Waals surface area contributed by atoms with Crippen molar-refractivity contribution in [2.45, 2.75) is 6.92 Å². The Morgan fingerprint density at radius 1 is 1.44 bits per heavy atom. The number of carbonyl (C=O) groups excluding carboxylic acids is 1. The highest BCUT2D eigenvalue weighted by Crippen LogP contribution is 2.22. The van der Waals surface area contributed by atoms with Crippen LogP contribution in [0.4, 0.5) is 10.1 Å². The van der Waals surface area contributed by atoms with Gasteiger partial charge in [0, 0.05) is 11.6 Å². The lowest BCUT2D eigenvalue weighted by Crippen LogP contribution is -2.15. The minimum Gasteiger partial charge on any atom is -0.475 e. The number of aryl methyl sites for hydroxylation is 1. The molecule has 0 saturated heterocycles. The molecule has 1 N–H and O–H groups in total. The van der Waals surface area contributed by atoms with Crippen molar-refractivity contribution in [2.75, 3.05) is 0 Å². The third-order valence-electron chi connectivity index (χ3n) is 1.92. The number of hydrogen-bond acceptors (Lipinski definition) is 4. The molecule has 0 unspecified atom stereocenters. The first kappa shape index (κ1) is 11.8. The zero-order chi connectivity index (χ0) is 12.5. The minimum absolute atomic E-state index is 0.0180. The van der Waals surface area contributed by atoms with E-state index in [1.165, 1.54) is 6.92 Å². The molecule has 1 aromatic carbocycles. The summed E-state index contributed by atoms with van der Waals surface area (Å²) in [6, 6.07) is 1.38. The van der Waals surface area contributed by atoms with E-state index in [1.54, 1.807) is 0 Å². The third kappa shape index (κ3) is 2.02. The Hall–Kier alpha value is -2.31. The van der Waals surface area contributed by atoms with Gasteiger partial charge in [0.1, 0.15) is 5.82 Å². The largest absolute Gasteiger partial charge is 0.475 e. The molecule has 0 fully saturated rings. The van der Waals surface area contributed by atoms with Gasteiger partial charge in [-0.2, -0.15) is 0 Å². The normalized spacial score (nSPS) is 9.88. The zero-order valence-electron chi connectivity index (χ0n) is 8.06. The first-order valence-electron chi connectivity index (χ1n) is 4.06. The molecule has 0 spiro atoms. The number of Topliss-reactive ketones (excluding diaryl/α,β-unsaturated/α-hetero) is 1. The molecule has 0 aliphatic carbocycles. The van der Waals surface area contributed by atoms with Crippen molar-refractivity contribution in [1.82, 2.24) is 0 Å². The highest BCUT2D eigenvalue weighted by atomic mass is 19.1. The van der Waals surface area contributed by atoms with Gasteiger partial charge in [-0.25, -0.2) is 9.18 Å². The first-order valence-corrected chi connectivity index (χ1v) is 4.06. The van der Waals surface area contributed by atoms with Gasteiger partial charge in [-0.05, 0) is 13.0 Å². The van der Waals surface area contributed by atoms with Crippen molar-refractivity contribution in [3.63, 3.8) is 0 Å². The minimum atomic E-state index is -1.86. The number of nitrogens with zero attached hydrogens (tertiary/aromatic N) is 1. The number of carboxylic acid groups (broad SMARTS) is 1. The van der Waals surface area contributed by atoms with Crippen molar-refractivity contribution in [2.24, 2.45) is 0 Å². The molecule has 0 heterocycles. The Balaban J connectivity index is 3.41. The molecule has 0 bridgehead atoms. The Morgan fingerprint density at radius 3 is 2.44 bits per heavy atom. The molecule has 0 atom stereocenters. The summed E-state index contributed by atoms with van der Waals surface area (Å²) in [7, 11) is 0. The average Bonchev–Trinajstić information content (AvgIpc) is 2.16. The van der Waals surface area contributed by atoms with Crippen LogP contribution in [0.2, 0.25) is 0 Å². The number of nitro benzene ring substituents is 1. The first-order chi connectivity index (χ1) is 7.34. The highest BCUT2D eigenvalue weighted by Gasteiger charge is 2.23. The molecule has 1 aromatic rings. The molecule has 6 nitrogen and oxygen atoms in total. The van der Waals surface area contributed by atoms with Gasteiger partial charge in [0.05, 0.1) is 10.5 Å².